The Bertz CT molecular complexity index is 1730. The van der Waals surface area contributed by atoms with Gasteiger partial charge in [0.1, 0.15) is 26.1 Å². The van der Waals surface area contributed by atoms with Gasteiger partial charge >= 0.3 is 12.1 Å². The minimum atomic E-state index is -4.31. The number of ether oxygens (including phenoxy) is 2. The Labute approximate surface area is 265 Å². The van der Waals surface area contributed by atoms with Gasteiger partial charge in [-0.25, -0.2) is 4.79 Å². The molecule has 0 saturated heterocycles. The molecule has 0 radical (unpaired) electrons. The van der Waals surface area contributed by atoms with E-state index in [0.29, 0.717) is 22.3 Å². The highest BCUT2D eigenvalue weighted by molar-refractivity contribution is 6.45. The predicted octanol–water partition coefficient (Wildman–Crippen LogP) is 6.41. The van der Waals surface area contributed by atoms with Crippen LogP contribution < -0.4 is 10.1 Å². The van der Waals surface area contributed by atoms with Gasteiger partial charge in [0, 0.05) is 23.7 Å². The number of oxime groups is 2. The second kappa shape index (κ2) is 15.4. The van der Waals surface area contributed by atoms with E-state index in [1.165, 1.54) is 20.2 Å². The number of rotatable bonds is 13. The predicted molar refractivity (Wildman–Crippen MR) is 169 cm³/mol. The molecule has 46 heavy (non-hydrogen) atoms. The van der Waals surface area contributed by atoms with Crippen molar-refractivity contribution in [2.75, 3.05) is 14.2 Å². The van der Waals surface area contributed by atoms with Gasteiger partial charge < -0.3 is 24.5 Å². The number of nitrogens with zero attached hydrogens (tertiary/aromatic N) is 2. The highest BCUT2D eigenvalue weighted by Crippen LogP contribution is 2.32. The van der Waals surface area contributed by atoms with Gasteiger partial charge in [0.2, 0.25) is 0 Å². The van der Waals surface area contributed by atoms with Gasteiger partial charge in [0.25, 0.3) is 5.91 Å². The van der Waals surface area contributed by atoms with Gasteiger partial charge in [-0.1, -0.05) is 95.2 Å². The van der Waals surface area contributed by atoms with E-state index in [0.717, 1.165) is 11.1 Å². The van der Waals surface area contributed by atoms with E-state index < -0.39 is 18.0 Å². The molecule has 11 heteroatoms. The molecule has 0 fully saturated rings. The zero-order valence-corrected chi connectivity index (χ0v) is 25.8. The van der Waals surface area contributed by atoms with Crippen LogP contribution in [0.2, 0.25) is 0 Å². The summed E-state index contributed by atoms with van der Waals surface area (Å²) < 4.78 is 40.2. The molecule has 0 spiro atoms. The maximum atomic E-state index is 15.2. The number of hydrogen-bond acceptors (Lipinski definition) is 8. The molecule has 238 valence electrons. The number of benzene rings is 4. The topological polar surface area (TPSA) is 108 Å². The number of carbonyl (C=O) groups is 2. The summed E-state index contributed by atoms with van der Waals surface area (Å²) in [5.41, 5.74) is 4.14. The SMILES string of the molecule is CNC(=O)/C(=N/OC)c1cccc(C)c1CO/N=C(\C)c1ccc(-c2ccccc2)cc1OC(F)(F)C(=O)OCc1ccccc1. The monoisotopic (exact) mass is 629 g/mol. The Morgan fingerprint density at radius 2 is 1.52 bits per heavy atom. The highest BCUT2D eigenvalue weighted by atomic mass is 19.3. The molecule has 4 aromatic rings. The summed E-state index contributed by atoms with van der Waals surface area (Å²) in [4.78, 5) is 35.5. The molecule has 0 aliphatic rings. The third-order valence-electron chi connectivity index (χ3n) is 6.87. The average molecular weight is 630 g/mol. The lowest BCUT2D eigenvalue weighted by Gasteiger charge is -2.19. The number of halogens is 2. The lowest BCUT2D eigenvalue weighted by atomic mass is 9.98. The molecule has 0 heterocycles. The smallest absolute Gasteiger partial charge is 0.453 e. The van der Waals surface area contributed by atoms with Gasteiger partial charge in [-0.05, 0) is 48.2 Å². The molecule has 0 unspecified atom stereocenters. The first-order valence-corrected chi connectivity index (χ1v) is 14.2. The maximum absolute atomic E-state index is 15.2. The number of nitrogens with one attached hydrogen (secondary N) is 1. The van der Waals surface area contributed by atoms with E-state index in [9.17, 15) is 9.59 Å². The van der Waals surface area contributed by atoms with Crippen molar-refractivity contribution in [3.63, 3.8) is 0 Å². The van der Waals surface area contributed by atoms with E-state index in [1.54, 1.807) is 61.5 Å². The number of carbonyl (C=O) groups excluding carboxylic acids is 2. The first kappa shape index (κ1) is 33.3. The zero-order chi connectivity index (χ0) is 33.1. The highest BCUT2D eigenvalue weighted by Gasteiger charge is 2.45. The first-order chi connectivity index (χ1) is 22.1. The van der Waals surface area contributed by atoms with Crippen molar-refractivity contribution in [3.8, 4) is 16.9 Å². The van der Waals surface area contributed by atoms with Crippen LogP contribution in [0, 0.1) is 6.92 Å². The van der Waals surface area contributed by atoms with Crippen molar-refractivity contribution in [2.45, 2.75) is 33.2 Å². The maximum Gasteiger partial charge on any atom is 0.502 e. The van der Waals surface area contributed by atoms with E-state index in [-0.39, 0.29) is 36.0 Å². The fraction of sp³-hybridized carbons (Fsp3) is 0.200. The van der Waals surface area contributed by atoms with Crippen LogP contribution >= 0.6 is 0 Å². The van der Waals surface area contributed by atoms with Crippen molar-refractivity contribution < 1.29 is 37.5 Å². The molecular weight excluding hydrogens is 596 g/mol. The quantitative estimate of drug-likeness (QED) is 0.104. The molecule has 0 aromatic heterocycles. The second-order valence-electron chi connectivity index (χ2n) is 10.0. The van der Waals surface area contributed by atoms with Gasteiger partial charge in [0.05, 0.1) is 5.71 Å². The van der Waals surface area contributed by atoms with Gasteiger partial charge in [-0.2, -0.15) is 8.78 Å². The van der Waals surface area contributed by atoms with E-state index in [2.05, 4.69) is 15.6 Å². The lowest BCUT2D eigenvalue weighted by molar-refractivity contribution is -0.218. The summed E-state index contributed by atoms with van der Waals surface area (Å²) in [7, 11) is 2.81. The van der Waals surface area contributed by atoms with Crippen LogP contribution in [-0.2, 0) is 37.2 Å². The van der Waals surface area contributed by atoms with Crippen LogP contribution in [0.5, 0.6) is 5.75 Å². The van der Waals surface area contributed by atoms with Crippen molar-refractivity contribution >= 4 is 23.3 Å². The summed E-state index contributed by atoms with van der Waals surface area (Å²) in [5, 5.41) is 10.6. The molecule has 0 bridgehead atoms. The van der Waals surface area contributed by atoms with Crippen molar-refractivity contribution in [1.82, 2.24) is 5.32 Å². The van der Waals surface area contributed by atoms with Gasteiger partial charge in [-0.3, -0.25) is 4.79 Å². The molecule has 0 aliphatic carbocycles. The van der Waals surface area contributed by atoms with Crippen LogP contribution in [-0.4, -0.2) is 43.6 Å². The number of alkyl halides is 2. The number of likely N-dealkylation sites (N-methyl/N-ethyl adjacent to an activating group) is 1. The molecular formula is C35H33F2N3O6. The number of aryl methyl sites for hydroxylation is 1. The van der Waals surface area contributed by atoms with Gasteiger partial charge in [-0.15, -0.1) is 0 Å². The van der Waals surface area contributed by atoms with Crippen molar-refractivity contribution in [3.05, 3.63) is 125 Å². The minimum absolute atomic E-state index is 0.0431. The Morgan fingerprint density at radius 3 is 2.20 bits per heavy atom. The Morgan fingerprint density at radius 1 is 0.826 bits per heavy atom. The zero-order valence-electron chi connectivity index (χ0n) is 25.8. The number of amides is 1. The summed E-state index contributed by atoms with van der Waals surface area (Å²) in [6.07, 6.45) is -4.31. The Hall–Kier alpha value is -5.58. The minimum Gasteiger partial charge on any atom is -0.453 e. The van der Waals surface area contributed by atoms with Crippen molar-refractivity contribution in [1.29, 1.82) is 0 Å². The molecule has 0 saturated carbocycles. The molecule has 4 aromatic carbocycles. The molecule has 1 N–H and O–H groups in total. The fourth-order valence-electron chi connectivity index (χ4n) is 4.48. The molecule has 9 nitrogen and oxygen atoms in total. The van der Waals surface area contributed by atoms with Crippen LogP contribution in [0.25, 0.3) is 11.1 Å². The summed E-state index contributed by atoms with van der Waals surface area (Å²) >= 11 is 0. The van der Waals surface area contributed by atoms with E-state index in [4.69, 9.17) is 19.1 Å². The lowest BCUT2D eigenvalue weighted by Crippen LogP contribution is -2.37. The normalized spacial score (nSPS) is 11.9. The number of hydrogen-bond donors (Lipinski definition) is 1. The summed E-state index contributed by atoms with van der Waals surface area (Å²) in [6.45, 7) is 2.96. The van der Waals surface area contributed by atoms with E-state index >= 15 is 8.78 Å². The Balaban J connectivity index is 1.62. The van der Waals surface area contributed by atoms with Crippen LogP contribution in [0.4, 0.5) is 8.78 Å². The second-order valence-corrected chi connectivity index (χ2v) is 10.0. The Kier molecular flexibility index (Phi) is 11.2. The standard InChI is InChI=1S/C35H33F2N3O6/c1-23-12-11-17-29(32(40-43-4)33(41)38-3)30(23)22-45-39-24(2)28-19-18-27(26-15-9-6-10-16-26)20-31(28)46-35(36,37)34(42)44-21-25-13-7-5-8-14-25/h5-20H,21-22H2,1-4H3,(H,38,41)/b39-24+,40-32+. The molecule has 1 amide bonds. The molecule has 0 atom stereocenters. The third kappa shape index (κ3) is 8.32. The summed E-state index contributed by atoms with van der Waals surface area (Å²) in [5.74, 6) is -2.61. The summed E-state index contributed by atoms with van der Waals surface area (Å²) in [6, 6.07) is 27.5. The third-order valence-corrected chi connectivity index (χ3v) is 6.87. The number of esters is 1. The largest absolute Gasteiger partial charge is 0.502 e. The first-order valence-electron chi connectivity index (χ1n) is 14.2. The van der Waals surface area contributed by atoms with Crippen LogP contribution in [0.3, 0.4) is 0 Å². The molecule has 4 rings (SSSR count). The molecule has 0 aliphatic heterocycles. The average Bonchev–Trinajstić information content (AvgIpc) is 3.07. The van der Waals surface area contributed by atoms with Crippen LogP contribution in [0.1, 0.15) is 34.7 Å². The van der Waals surface area contributed by atoms with Gasteiger partial charge in [0.15, 0.2) is 5.71 Å². The van der Waals surface area contributed by atoms with Crippen LogP contribution in [0.15, 0.2) is 107 Å². The van der Waals surface area contributed by atoms with Crippen molar-refractivity contribution in [2.24, 2.45) is 10.3 Å². The fourth-order valence-corrected chi connectivity index (χ4v) is 4.48. The van der Waals surface area contributed by atoms with E-state index in [1.807, 2.05) is 43.3 Å².